The summed E-state index contributed by atoms with van der Waals surface area (Å²) in [5.41, 5.74) is 3.02. The quantitative estimate of drug-likeness (QED) is 0.525. The van der Waals surface area contributed by atoms with Gasteiger partial charge in [-0.2, -0.15) is 13.2 Å². The Balaban J connectivity index is 1.59. The summed E-state index contributed by atoms with van der Waals surface area (Å²) < 4.78 is 40.9. The number of halogens is 3. The molecule has 0 N–H and O–H groups in total. The molecule has 2 aromatic rings. The first kappa shape index (κ1) is 25.5. The first-order valence-corrected chi connectivity index (χ1v) is 12.4. The van der Waals surface area contributed by atoms with Gasteiger partial charge in [0.2, 0.25) is 5.91 Å². The zero-order valence-corrected chi connectivity index (χ0v) is 20.5. The Bertz CT molecular complexity index is 1060. The molecule has 1 amide bonds. The van der Waals surface area contributed by atoms with Crippen LogP contribution in [-0.2, 0) is 30.5 Å². The van der Waals surface area contributed by atoms with Gasteiger partial charge in [-0.05, 0) is 80.3 Å². The normalized spacial score (nSPS) is 18.1. The molecule has 0 unspecified atom stereocenters. The van der Waals surface area contributed by atoms with Gasteiger partial charge in [0.1, 0.15) is 0 Å². The molecule has 0 atom stereocenters. The van der Waals surface area contributed by atoms with Crippen molar-refractivity contribution in [2.24, 2.45) is 0 Å². The molecule has 1 fully saturated rings. The van der Waals surface area contributed by atoms with E-state index in [1.54, 1.807) is 17.0 Å². The number of likely N-dealkylation sites (tertiary alicyclic amines) is 1. The molecule has 0 saturated carbocycles. The number of nitrogens with zero attached hydrogens (tertiary/aromatic N) is 3. The third-order valence-electron chi connectivity index (χ3n) is 7.31. The van der Waals surface area contributed by atoms with Gasteiger partial charge in [-0.3, -0.25) is 9.69 Å². The Labute approximate surface area is 206 Å². The van der Waals surface area contributed by atoms with Crippen molar-refractivity contribution in [1.29, 1.82) is 0 Å². The Kier molecular flexibility index (Phi) is 7.97. The molecule has 2 aromatic carbocycles. The van der Waals surface area contributed by atoms with Crippen LogP contribution in [0, 0.1) is 0 Å². The summed E-state index contributed by atoms with van der Waals surface area (Å²) in [7, 11) is 2.03. The standard InChI is InChI=1S/C28H34F3N3O/c1-3-33-18-15-25-21(8-6-9-22(25)19-33)11-12-27(35)34(24-13-16-32(2)17-14-24)20-23-7-4-5-10-26(23)28(29,30)31/h4-12,24H,3,13-20H2,1-2H3. The molecule has 4 rings (SSSR count). The van der Waals surface area contributed by atoms with Crippen molar-refractivity contribution in [3.05, 3.63) is 76.4 Å². The molecule has 0 aliphatic carbocycles. The van der Waals surface area contributed by atoms with Crippen LogP contribution in [0.25, 0.3) is 6.08 Å². The first-order chi connectivity index (χ1) is 16.8. The first-order valence-electron chi connectivity index (χ1n) is 12.4. The number of rotatable bonds is 6. The highest BCUT2D eigenvalue weighted by Crippen LogP contribution is 2.33. The van der Waals surface area contributed by atoms with Crippen LogP contribution in [0.4, 0.5) is 13.2 Å². The molecule has 2 aliphatic heterocycles. The Morgan fingerprint density at radius 3 is 2.54 bits per heavy atom. The minimum Gasteiger partial charge on any atom is -0.332 e. The van der Waals surface area contributed by atoms with Crippen LogP contribution in [0.5, 0.6) is 0 Å². The van der Waals surface area contributed by atoms with Gasteiger partial charge in [0, 0.05) is 31.8 Å². The van der Waals surface area contributed by atoms with Crippen LogP contribution in [0.3, 0.4) is 0 Å². The van der Waals surface area contributed by atoms with E-state index in [0.29, 0.717) is 0 Å². The lowest BCUT2D eigenvalue weighted by molar-refractivity contribution is -0.139. The van der Waals surface area contributed by atoms with Crippen LogP contribution in [0.2, 0.25) is 0 Å². The fraction of sp³-hybridized carbons (Fsp3) is 0.464. The topological polar surface area (TPSA) is 26.8 Å². The van der Waals surface area contributed by atoms with Gasteiger partial charge < -0.3 is 9.80 Å². The number of amides is 1. The molecule has 0 radical (unpaired) electrons. The van der Waals surface area contributed by atoms with Gasteiger partial charge in [0.05, 0.1) is 5.56 Å². The van der Waals surface area contributed by atoms with Crippen molar-refractivity contribution < 1.29 is 18.0 Å². The summed E-state index contributed by atoms with van der Waals surface area (Å²) in [6.45, 7) is 6.63. The third-order valence-corrected chi connectivity index (χ3v) is 7.31. The van der Waals surface area contributed by atoms with E-state index in [1.807, 2.05) is 25.3 Å². The second-order valence-electron chi connectivity index (χ2n) is 9.59. The molecule has 0 spiro atoms. The zero-order valence-electron chi connectivity index (χ0n) is 20.5. The summed E-state index contributed by atoms with van der Waals surface area (Å²) in [5.74, 6) is -0.236. The molecule has 4 nitrogen and oxygen atoms in total. The third kappa shape index (κ3) is 6.14. The highest BCUT2D eigenvalue weighted by atomic mass is 19.4. The van der Waals surface area contributed by atoms with E-state index in [4.69, 9.17) is 0 Å². The number of hydrogen-bond donors (Lipinski definition) is 0. The number of hydrogen-bond acceptors (Lipinski definition) is 3. The monoisotopic (exact) mass is 485 g/mol. The average Bonchev–Trinajstić information content (AvgIpc) is 2.85. The van der Waals surface area contributed by atoms with Crippen LogP contribution < -0.4 is 0 Å². The Hall–Kier alpha value is -2.64. The number of carbonyl (C=O) groups excluding carboxylic acids is 1. The number of benzene rings is 2. The van der Waals surface area contributed by atoms with Crippen molar-refractivity contribution in [2.75, 3.05) is 33.2 Å². The maximum absolute atomic E-state index is 13.6. The summed E-state index contributed by atoms with van der Waals surface area (Å²) in [5, 5.41) is 0. The van der Waals surface area contributed by atoms with Crippen molar-refractivity contribution in [3.8, 4) is 0 Å². The van der Waals surface area contributed by atoms with Crippen molar-refractivity contribution in [1.82, 2.24) is 14.7 Å². The largest absolute Gasteiger partial charge is 0.416 e. The maximum Gasteiger partial charge on any atom is 0.416 e. The molecule has 2 aliphatic rings. The van der Waals surface area contributed by atoms with Gasteiger partial charge in [-0.25, -0.2) is 0 Å². The van der Waals surface area contributed by atoms with Crippen molar-refractivity contribution in [2.45, 2.75) is 51.5 Å². The Morgan fingerprint density at radius 2 is 1.83 bits per heavy atom. The predicted octanol–water partition coefficient (Wildman–Crippen LogP) is 5.22. The lowest BCUT2D eigenvalue weighted by Gasteiger charge is -2.37. The van der Waals surface area contributed by atoms with Crippen molar-refractivity contribution in [3.63, 3.8) is 0 Å². The van der Waals surface area contributed by atoms with Gasteiger partial charge in [0.15, 0.2) is 0 Å². The molecule has 188 valence electrons. The highest BCUT2D eigenvalue weighted by Gasteiger charge is 2.35. The fourth-order valence-corrected chi connectivity index (χ4v) is 5.19. The number of likely N-dealkylation sites (N-methyl/N-ethyl adjacent to an activating group) is 1. The molecule has 0 bridgehead atoms. The maximum atomic E-state index is 13.6. The summed E-state index contributed by atoms with van der Waals surface area (Å²) in [4.78, 5) is 19.7. The van der Waals surface area contributed by atoms with Gasteiger partial charge >= 0.3 is 6.18 Å². The number of alkyl halides is 3. The second kappa shape index (κ2) is 11.0. The van der Waals surface area contributed by atoms with E-state index in [0.717, 1.165) is 63.6 Å². The van der Waals surface area contributed by atoms with E-state index in [-0.39, 0.29) is 24.1 Å². The molecule has 1 saturated heterocycles. The van der Waals surface area contributed by atoms with Crippen LogP contribution >= 0.6 is 0 Å². The van der Waals surface area contributed by atoms with Crippen molar-refractivity contribution >= 4 is 12.0 Å². The van der Waals surface area contributed by atoms with Gasteiger partial charge in [0.25, 0.3) is 0 Å². The summed E-state index contributed by atoms with van der Waals surface area (Å²) >= 11 is 0. The zero-order chi connectivity index (χ0) is 25.0. The van der Waals surface area contributed by atoms with E-state index in [2.05, 4.69) is 22.8 Å². The lowest BCUT2D eigenvalue weighted by atomic mass is 9.94. The minimum absolute atomic E-state index is 0.0500. The average molecular weight is 486 g/mol. The number of fused-ring (bicyclic) bond motifs is 1. The van der Waals surface area contributed by atoms with E-state index < -0.39 is 11.7 Å². The second-order valence-corrected chi connectivity index (χ2v) is 9.59. The molecule has 7 heteroatoms. The van der Waals surface area contributed by atoms with Crippen LogP contribution in [0.1, 0.15) is 47.6 Å². The minimum atomic E-state index is -4.45. The molecule has 35 heavy (non-hydrogen) atoms. The number of piperidine rings is 1. The van der Waals surface area contributed by atoms with E-state index >= 15 is 0 Å². The molecular weight excluding hydrogens is 451 g/mol. The SMILES string of the molecule is CCN1CCc2c(C=CC(=O)N(Cc3ccccc3C(F)(F)F)C3CCN(C)CC3)cccc2C1. The summed E-state index contributed by atoms with van der Waals surface area (Å²) in [6.07, 6.45) is 1.37. The van der Waals surface area contributed by atoms with E-state index in [1.165, 1.54) is 23.3 Å². The molecule has 0 aromatic heterocycles. The predicted molar refractivity (Wildman–Crippen MR) is 133 cm³/mol. The van der Waals surface area contributed by atoms with Crippen LogP contribution in [0.15, 0.2) is 48.5 Å². The number of carbonyl (C=O) groups is 1. The highest BCUT2D eigenvalue weighted by molar-refractivity contribution is 5.92. The van der Waals surface area contributed by atoms with E-state index in [9.17, 15) is 18.0 Å². The summed E-state index contributed by atoms with van der Waals surface area (Å²) in [6, 6.07) is 11.6. The lowest BCUT2D eigenvalue weighted by Crippen LogP contribution is -2.45. The van der Waals surface area contributed by atoms with Gasteiger partial charge in [-0.1, -0.05) is 43.3 Å². The molecular formula is C28H34F3N3O. The fourth-order valence-electron chi connectivity index (χ4n) is 5.19. The molecule has 2 heterocycles. The van der Waals surface area contributed by atoms with Gasteiger partial charge in [-0.15, -0.1) is 0 Å². The Morgan fingerprint density at radius 1 is 1.09 bits per heavy atom. The smallest absolute Gasteiger partial charge is 0.332 e. The van der Waals surface area contributed by atoms with Crippen LogP contribution in [-0.4, -0.2) is 59.9 Å².